The molecule has 1 aliphatic rings. The van der Waals surface area contributed by atoms with Crippen LogP contribution in [-0.2, 0) is 4.79 Å². The Morgan fingerprint density at radius 3 is 2.72 bits per heavy atom. The lowest BCUT2D eigenvalue weighted by Crippen LogP contribution is -2.09. The molecule has 0 aliphatic heterocycles. The van der Waals surface area contributed by atoms with Crippen LogP contribution in [0.15, 0.2) is 24.3 Å². The van der Waals surface area contributed by atoms with Crippen molar-refractivity contribution in [2.45, 2.75) is 38.5 Å². The van der Waals surface area contributed by atoms with Crippen molar-refractivity contribution < 1.29 is 14.3 Å². The lowest BCUT2D eigenvalue weighted by molar-refractivity contribution is -0.138. The molecule has 0 spiro atoms. The molecule has 0 saturated carbocycles. The molecule has 1 aliphatic carbocycles. The number of rotatable bonds is 3. The Hall–Kier alpha value is -1.64. The van der Waals surface area contributed by atoms with Gasteiger partial charge in [0.25, 0.3) is 0 Å². The Morgan fingerprint density at radius 2 is 2.17 bits per heavy atom. The Kier molecular flexibility index (Phi) is 3.80. The van der Waals surface area contributed by atoms with Gasteiger partial charge in [-0.15, -0.1) is 0 Å². The fourth-order valence-corrected chi connectivity index (χ4v) is 2.31. The largest absolute Gasteiger partial charge is 0.481 e. The highest BCUT2D eigenvalue weighted by Crippen LogP contribution is 2.29. The van der Waals surface area contributed by atoms with Crippen molar-refractivity contribution >= 4 is 11.5 Å². The summed E-state index contributed by atoms with van der Waals surface area (Å²) in [6, 6.07) is 4.89. The molecule has 1 unspecified atom stereocenters. The molecule has 1 N–H and O–H groups in total. The topological polar surface area (TPSA) is 37.3 Å². The van der Waals surface area contributed by atoms with Gasteiger partial charge in [0.2, 0.25) is 0 Å². The molecule has 0 radical (unpaired) electrons. The van der Waals surface area contributed by atoms with Crippen LogP contribution in [0.5, 0.6) is 0 Å². The zero-order chi connectivity index (χ0) is 13.1. The van der Waals surface area contributed by atoms with Crippen LogP contribution in [0.25, 0.3) is 5.57 Å². The third-order valence-electron chi connectivity index (χ3n) is 3.50. The van der Waals surface area contributed by atoms with E-state index in [-0.39, 0.29) is 5.56 Å². The van der Waals surface area contributed by atoms with Crippen LogP contribution in [0.1, 0.15) is 49.7 Å². The SMILES string of the molecule is CC(C(=O)O)c1ccc(C2=CCCCC2)cc1F. The summed E-state index contributed by atoms with van der Waals surface area (Å²) in [6.07, 6.45) is 6.51. The maximum absolute atomic E-state index is 13.9. The Balaban J connectivity index is 2.30. The minimum absolute atomic E-state index is 0.252. The molecule has 1 aromatic rings. The number of allylic oxidation sites excluding steroid dienone is 2. The normalized spacial score (nSPS) is 17.1. The minimum Gasteiger partial charge on any atom is -0.481 e. The number of hydrogen-bond acceptors (Lipinski definition) is 1. The summed E-state index contributed by atoms with van der Waals surface area (Å²) in [5.74, 6) is -2.23. The number of carboxylic acid groups (broad SMARTS) is 1. The summed E-state index contributed by atoms with van der Waals surface area (Å²) in [5.41, 5.74) is 2.31. The van der Waals surface area contributed by atoms with E-state index < -0.39 is 17.7 Å². The number of aliphatic carboxylic acids is 1. The summed E-state index contributed by atoms with van der Waals surface area (Å²) in [5, 5.41) is 8.90. The fraction of sp³-hybridized carbons (Fsp3) is 0.400. The van der Waals surface area contributed by atoms with E-state index in [0.717, 1.165) is 24.8 Å². The van der Waals surface area contributed by atoms with Crippen LogP contribution in [0.4, 0.5) is 4.39 Å². The van der Waals surface area contributed by atoms with Crippen molar-refractivity contribution in [2.75, 3.05) is 0 Å². The summed E-state index contributed by atoms with van der Waals surface area (Å²) in [4.78, 5) is 10.9. The first kappa shape index (κ1) is 12.8. The quantitative estimate of drug-likeness (QED) is 0.878. The van der Waals surface area contributed by atoms with Crippen molar-refractivity contribution in [1.29, 1.82) is 0 Å². The lowest BCUT2D eigenvalue weighted by Gasteiger charge is -2.15. The van der Waals surface area contributed by atoms with Gasteiger partial charge >= 0.3 is 5.97 Å². The third-order valence-corrected chi connectivity index (χ3v) is 3.50. The predicted molar refractivity (Wildman–Crippen MR) is 68.9 cm³/mol. The van der Waals surface area contributed by atoms with Crippen molar-refractivity contribution in [2.24, 2.45) is 0 Å². The highest BCUT2D eigenvalue weighted by atomic mass is 19.1. The average molecular weight is 248 g/mol. The van der Waals surface area contributed by atoms with Crippen molar-refractivity contribution in [3.8, 4) is 0 Å². The Morgan fingerprint density at radius 1 is 1.39 bits per heavy atom. The lowest BCUT2D eigenvalue weighted by atomic mass is 9.91. The summed E-state index contributed by atoms with van der Waals surface area (Å²) >= 11 is 0. The number of benzene rings is 1. The van der Waals surface area contributed by atoms with E-state index in [1.165, 1.54) is 25.0 Å². The first-order chi connectivity index (χ1) is 8.59. The van der Waals surface area contributed by atoms with Gasteiger partial charge in [-0.25, -0.2) is 4.39 Å². The standard InChI is InChI=1S/C15H17FO2/c1-10(15(17)18)13-8-7-12(9-14(13)16)11-5-3-2-4-6-11/h5,7-10H,2-4,6H2,1H3,(H,17,18). The van der Waals surface area contributed by atoms with E-state index in [1.54, 1.807) is 6.07 Å². The first-order valence-electron chi connectivity index (χ1n) is 6.31. The number of halogens is 1. The van der Waals surface area contributed by atoms with E-state index >= 15 is 0 Å². The zero-order valence-corrected chi connectivity index (χ0v) is 10.4. The molecule has 0 bridgehead atoms. The highest BCUT2D eigenvalue weighted by Gasteiger charge is 2.18. The molecule has 0 amide bonds. The van der Waals surface area contributed by atoms with Crippen LogP contribution in [0.3, 0.4) is 0 Å². The molecular formula is C15H17FO2. The molecule has 2 nitrogen and oxygen atoms in total. The molecule has 1 aromatic carbocycles. The summed E-state index contributed by atoms with van der Waals surface area (Å²) in [7, 11) is 0. The van der Waals surface area contributed by atoms with Crippen LogP contribution in [-0.4, -0.2) is 11.1 Å². The second-order valence-electron chi connectivity index (χ2n) is 4.77. The summed E-state index contributed by atoms with van der Waals surface area (Å²) in [6.45, 7) is 1.50. The van der Waals surface area contributed by atoms with Gasteiger partial charge in [-0.2, -0.15) is 0 Å². The molecule has 3 heteroatoms. The van der Waals surface area contributed by atoms with Gasteiger partial charge < -0.3 is 5.11 Å². The number of hydrogen-bond donors (Lipinski definition) is 1. The van der Waals surface area contributed by atoms with Gasteiger partial charge in [0.15, 0.2) is 0 Å². The smallest absolute Gasteiger partial charge is 0.310 e. The van der Waals surface area contributed by atoms with Crippen molar-refractivity contribution in [3.05, 3.63) is 41.2 Å². The molecule has 96 valence electrons. The van der Waals surface area contributed by atoms with Gasteiger partial charge in [0, 0.05) is 5.56 Å². The average Bonchev–Trinajstić information content (AvgIpc) is 2.38. The number of carbonyl (C=O) groups is 1. The molecule has 2 rings (SSSR count). The van der Waals surface area contributed by atoms with Crippen LogP contribution < -0.4 is 0 Å². The van der Waals surface area contributed by atoms with Crippen LogP contribution in [0, 0.1) is 5.82 Å². The van der Waals surface area contributed by atoms with Gasteiger partial charge in [-0.3, -0.25) is 4.79 Å². The predicted octanol–water partition coefficient (Wildman–Crippen LogP) is 3.97. The van der Waals surface area contributed by atoms with Gasteiger partial charge in [0.1, 0.15) is 5.82 Å². The van der Waals surface area contributed by atoms with Crippen molar-refractivity contribution in [3.63, 3.8) is 0 Å². The number of carboxylic acids is 1. The Bertz CT molecular complexity index is 491. The van der Waals surface area contributed by atoms with Gasteiger partial charge in [-0.05, 0) is 49.8 Å². The minimum atomic E-state index is -1.00. The maximum Gasteiger partial charge on any atom is 0.310 e. The highest BCUT2D eigenvalue weighted by molar-refractivity contribution is 5.76. The molecule has 0 fully saturated rings. The molecular weight excluding hydrogens is 231 g/mol. The van der Waals surface area contributed by atoms with E-state index in [4.69, 9.17) is 5.11 Å². The molecule has 18 heavy (non-hydrogen) atoms. The third kappa shape index (κ3) is 2.61. The Labute approximate surface area is 106 Å². The second kappa shape index (κ2) is 5.34. The first-order valence-corrected chi connectivity index (χ1v) is 6.31. The second-order valence-corrected chi connectivity index (χ2v) is 4.77. The van der Waals surface area contributed by atoms with Gasteiger partial charge in [0.05, 0.1) is 5.92 Å². The fourth-order valence-electron chi connectivity index (χ4n) is 2.31. The maximum atomic E-state index is 13.9. The van der Waals surface area contributed by atoms with E-state index in [1.807, 2.05) is 6.07 Å². The van der Waals surface area contributed by atoms with Crippen LogP contribution in [0.2, 0.25) is 0 Å². The van der Waals surface area contributed by atoms with Crippen LogP contribution >= 0.6 is 0 Å². The zero-order valence-electron chi connectivity index (χ0n) is 10.4. The molecule has 0 saturated heterocycles. The molecule has 1 atom stereocenters. The van der Waals surface area contributed by atoms with E-state index in [0.29, 0.717) is 0 Å². The monoisotopic (exact) mass is 248 g/mol. The van der Waals surface area contributed by atoms with Gasteiger partial charge in [-0.1, -0.05) is 18.2 Å². The van der Waals surface area contributed by atoms with Crippen molar-refractivity contribution in [1.82, 2.24) is 0 Å². The molecule has 0 heterocycles. The van der Waals surface area contributed by atoms with E-state index in [9.17, 15) is 9.18 Å². The van der Waals surface area contributed by atoms with E-state index in [2.05, 4.69) is 6.08 Å². The molecule has 0 aromatic heterocycles. The summed E-state index contributed by atoms with van der Waals surface area (Å²) < 4.78 is 13.9.